The van der Waals surface area contributed by atoms with E-state index in [1.54, 1.807) is 24.4 Å². The second-order valence-electron chi connectivity index (χ2n) is 3.50. The van der Waals surface area contributed by atoms with Crippen LogP contribution in [-0.4, -0.2) is 4.98 Å². The molecule has 0 atom stereocenters. The van der Waals surface area contributed by atoms with Crippen molar-refractivity contribution in [3.8, 4) is 29.5 Å². The molecule has 0 fully saturated rings. The highest BCUT2D eigenvalue weighted by Crippen LogP contribution is 2.26. The summed E-state index contributed by atoms with van der Waals surface area (Å²) in [5, 5.41) is 27.1. The maximum atomic E-state index is 9.12. The fourth-order valence-electron chi connectivity index (χ4n) is 1.67. The Kier molecular flexibility index (Phi) is 3.01. The average Bonchev–Trinajstić information content (AvgIpc) is 2.46. The lowest BCUT2D eigenvalue weighted by atomic mass is 9.96. The Balaban J connectivity index is 2.80. The lowest BCUT2D eigenvalue weighted by Crippen LogP contribution is -1.94. The summed E-state index contributed by atoms with van der Waals surface area (Å²) in [4.78, 5) is 4.14. The average molecular weight is 230 g/mol. The van der Waals surface area contributed by atoms with Gasteiger partial charge in [-0.2, -0.15) is 15.8 Å². The fraction of sp³-hybridized carbons (Fsp3) is 0. The van der Waals surface area contributed by atoms with Crippen LogP contribution >= 0.6 is 0 Å². The SMILES string of the molecule is N#Cc1cc(C#N)c(-c2ccccn2)c(C#N)c1. The topological polar surface area (TPSA) is 84.3 Å². The summed E-state index contributed by atoms with van der Waals surface area (Å²) in [5.41, 5.74) is 1.88. The Hall–Kier alpha value is -3.16. The van der Waals surface area contributed by atoms with E-state index >= 15 is 0 Å². The van der Waals surface area contributed by atoms with Gasteiger partial charge in [0.05, 0.1) is 40.6 Å². The number of aromatic nitrogens is 1. The molecule has 4 heteroatoms. The number of nitriles is 3. The van der Waals surface area contributed by atoms with E-state index < -0.39 is 0 Å². The van der Waals surface area contributed by atoms with Crippen molar-refractivity contribution in [1.29, 1.82) is 15.8 Å². The molecule has 0 aliphatic rings. The van der Waals surface area contributed by atoms with Crippen molar-refractivity contribution >= 4 is 0 Å². The molecular formula is C14H6N4. The van der Waals surface area contributed by atoms with E-state index in [-0.39, 0.29) is 11.1 Å². The van der Waals surface area contributed by atoms with Crippen molar-refractivity contribution in [3.63, 3.8) is 0 Å². The van der Waals surface area contributed by atoms with Crippen molar-refractivity contribution < 1.29 is 0 Å². The third kappa shape index (κ3) is 1.89. The highest BCUT2D eigenvalue weighted by molar-refractivity contribution is 5.75. The second kappa shape index (κ2) is 4.78. The number of hydrogen-bond acceptors (Lipinski definition) is 4. The van der Waals surface area contributed by atoms with E-state index in [9.17, 15) is 0 Å². The lowest BCUT2D eigenvalue weighted by molar-refractivity contribution is 1.30. The summed E-state index contributed by atoms with van der Waals surface area (Å²) in [5.74, 6) is 0. The largest absolute Gasteiger partial charge is 0.256 e. The van der Waals surface area contributed by atoms with E-state index in [0.717, 1.165) is 0 Å². The van der Waals surface area contributed by atoms with Crippen LogP contribution in [0, 0.1) is 34.0 Å². The maximum absolute atomic E-state index is 9.12. The molecule has 1 heterocycles. The Morgan fingerprint density at radius 2 is 1.56 bits per heavy atom. The Morgan fingerprint density at radius 1 is 0.889 bits per heavy atom. The van der Waals surface area contributed by atoms with Gasteiger partial charge in [-0.3, -0.25) is 4.98 Å². The molecule has 0 bridgehead atoms. The summed E-state index contributed by atoms with van der Waals surface area (Å²) >= 11 is 0. The van der Waals surface area contributed by atoms with Crippen LogP contribution in [0.2, 0.25) is 0 Å². The number of benzene rings is 1. The van der Waals surface area contributed by atoms with Gasteiger partial charge >= 0.3 is 0 Å². The van der Waals surface area contributed by atoms with Crippen LogP contribution in [0.15, 0.2) is 36.5 Å². The van der Waals surface area contributed by atoms with Gasteiger partial charge < -0.3 is 0 Å². The highest BCUT2D eigenvalue weighted by atomic mass is 14.7. The van der Waals surface area contributed by atoms with Crippen LogP contribution in [0.3, 0.4) is 0 Å². The molecule has 2 rings (SSSR count). The molecular weight excluding hydrogens is 224 g/mol. The molecule has 0 saturated carbocycles. The normalized spacial score (nSPS) is 8.94. The Bertz CT molecular complexity index is 677. The fourth-order valence-corrected chi connectivity index (χ4v) is 1.67. The molecule has 0 aliphatic heterocycles. The molecule has 0 unspecified atom stereocenters. The van der Waals surface area contributed by atoms with E-state index in [1.807, 2.05) is 18.2 Å². The van der Waals surface area contributed by atoms with Crippen LogP contribution in [0.5, 0.6) is 0 Å². The molecule has 4 nitrogen and oxygen atoms in total. The van der Waals surface area contributed by atoms with E-state index in [1.165, 1.54) is 12.1 Å². The quantitative estimate of drug-likeness (QED) is 0.752. The van der Waals surface area contributed by atoms with Gasteiger partial charge in [-0.25, -0.2) is 0 Å². The van der Waals surface area contributed by atoms with Crippen molar-refractivity contribution in [2.75, 3.05) is 0 Å². The lowest BCUT2D eigenvalue weighted by Gasteiger charge is -2.06. The van der Waals surface area contributed by atoms with E-state index in [0.29, 0.717) is 16.8 Å². The van der Waals surface area contributed by atoms with Crippen molar-refractivity contribution in [2.24, 2.45) is 0 Å². The van der Waals surface area contributed by atoms with Gasteiger partial charge in [-0.15, -0.1) is 0 Å². The summed E-state index contributed by atoms with van der Waals surface area (Å²) in [6.07, 6.45) is 1.59. The third-order valence-electron chi connectivity index (χ3n) is 2.43. The highest BCUT2D eigenvalue weighted by Gasteiger charge is 2.13. The predicted octanol–water partition coefficient (Wildman–Crippen LogP) is 2.36. The first-order chi connectivity index (χ1) is 8.80. The zero-order valence-electron chi connectivity index (χ0n) is 9.25. The summed E-state index contributed by atoms with van der Waals surface area (Å²) in [6, 6.07) is 14.1. The van der Waals surface area contributed by atoms with Gasteiger partial charge in [0.1, 0.15) is 0 Å². The monoisotopic (exact) mass is 230 g/mol. The summed E-state index contributed by atoms with van der Waals surface area (Å²) in [7, 11) is 0. The molecule has 82 valence electrons. The van der Waals surface area contributed by atoms with Gasteiger partial charge in [-0.05, 0) is 24.3 Å². The first-order valence-electron chi connectivity index (χ1n) is 5.10. The predicted molar refractivity (Wildman–Crippen MR) is 63.8 cm³/mol. The zero-order valence-corrected chi connectivity index (χ0v) is 9.25. The van der Waals surface area contributed by atoms with E-state index in [2.05, 4.69) is 4.98 Å². The van der Waals surface area contributed by atoms with Gasteiger partial charge in [-0.1, -0.05) is 6.07 Å². The molecule has 0 aliphatic carbocycles. The summed E-state index contributed by atoms with van der Waals surface area (Å²) < 4.78 is 0. The van der Waals surface area contributed by atoms with Gasteiger partial charge in [0.15, 0.2) is 0 Å². The molecule has 0 radical (unpaired) electrons. The summed E-state index contributed by atoms with van der Waals surface area (Å²) in [6.45, 7) is 0. The minimum atomic E-state index is 0.282. The van der Waals surface area contributed by atoms with Crippen LogP contribution < -0.4 is 0 Å². The molecule has 1 aromatic heterocycles. The minimum Gasteiger partial charge on any atom is -0.256 e. The zero-order chi connectivity index (χ0) is 13.0. The number of pyridine rings is 1. The van der Waals surface area contributed by atoms with Crippen LogP contribution in [0.1, 0.15) is 16.7 Å². The smallest absolute Gasteiger partial charge is 0.0999 e. The Labute approximate surface area is 104 Å². The third-order valence-corrected chi connectivity index (χ3v) is 2.43. The molecule has 1 aromatic carbocycles. The molecule has 0 N–H and O–H groups in total. The van der Waals surface area contributed by atoms with Crippen molar-refractivity contribution in [3.05, 3.63) is 53.2 Å². The number of rotatable bonds is 1. The standard InChI is InChI=1S/C14H6N4/c15-7-10-5-11(8-16)14(12(6-10)9-17)13-3-1-2-4-18-13/h1-6H. The van der Waals surface area contributed by atoms with Crippen LogP contribution in [-0.2, 0) is 0 Å². The minimum absolute atomic E-state index is 0.282. The van der Waals surface area contributed by atoms with E-state index in [4.69, 9.17) is 15.8 Å². The first-order valence-corrected chi connectivity index (χ1v) is 5.10. The molecule has 2 aromatic rings. The molecule has 0 amide bonds. The molecule has 18 heavy (non-hydrogen) atoms. The maximum Gasteiger partial charge on any atom is 0.0999 e. The number of hydrogen-bond donors (Lipinski definition) is 0. The van der Waals surface area contributed by atoms with Crippen molar-refractivity contribution in [2.45, 2.75) is 0 Å². The first kappa shape index (κ1) is 11.3. The van der Waals surface area contributed by atoms with Gasteiger partial charge in [0.2, 0.25) is 0 Å². The van der Waals surface area contributed by atoms with Crippen molar-refractivity contribution in [1.82, 2.24) is 4.98 Å². The Morgan fingerprint density at radius 3 is 2.00 bits per heavy atom. The molecule has 0 saturated heterocycles. The van der Waals surface area contributed by atoms with Gasteiger partial charge in [0.25, 0.3) is 0 Å². The molecule has 0 spiro atoms. The second-order valence-corrected chi connectivity index (χ2v) is 3.50. The van der Waals surface area contributed by atoms with Gasteiger partial charge in [0, 0.05) is 11.8 Å². The van der Waals surface area contributed by atoms with Crippen LogP contribution in [0.4, 0.5) is 0 Å². The van der Waals surface area contributed by atoms with Crippen LogP contribution in [0.25, 0.3) is 11.3 Å². The number of nitrogens with zero attached hydrogens (tertiary/aromatic N) is 4.